The Hall–Kier alpha value is 2.17. The van der Waals surface area contributed by atoms with Crippen LogP contribution in [0, 0.1) is 0 Å². The zero-order valence-corrected chi connectivity index (χ0v) is 36.0. The van der Waals surface area contributed by atoms with Gasteiger partial charge in [-0.25, -0.2) is 0 Å². The molecule has 0 nitrogen and oxygen atoms in total. The van der Waals surface area contributed by atoms with E-state index in [1.165, 1.54) is 0 Å². The van der Waals surface area contributed by atoms with Crippen LogP contribution in [0.5, 0.6) is 0 Å². The van der Waals surface area contributed by atoms with E-state index >= 15 is 0 Å². The molecular weight excluding hydrogens is 533 g/mol. The predicted octanol–water partition coefficient (Wildman–Crippen LogP) is 8.45. The molecule has 0 aromatic heterocycles. The molecule has 0 saturated heterocycles. The maximum absolute atomic E-state index is 2.92. The monoisotopic (exact) mass is 595 g/mol. The molecule has 31 heavy (non-hydrogen) atoms. The Balaban J connectivity index is 8.55. The molecular formula is C21H63Si10. The van der Waals surface area contributed by atoms with Crippen LogP contribution in [-0.2, 0) is 0 Å². The first-order valence-electron chi connectivity index (χ1n) is 12.8. The maximum Gasteiger partial charge on any atom is 0.0305 e. The van der Waals surface area contributed by atoms with Crippen LogP contribution in [-0.4, -0.2) is 72.8 Å². The van der Waals surface area contributed by atoms with Gasteiger partial charge in [0.1, 0.15) is 0 Å². The van der Waals surface area contributed by atoms with Crippen LogP contribution >= 0.6 is 0 Å². The minimum absolute atomic E-state index is 0.312. The summed E-state index contributed by atoms with van der Waals surface area (Å²) in [6.07, 6.45) is -2.77. The van der Waals surface area contributed by atoms with Crippen molar-refractivity contribution < 1.29 is 0 Å². The standard InChI is InChI=1S/C21H63Si10/c1-23(2,3)22(30(24(4,5)6,25(7,8)9)26(10,11)12)31(27(13,14)15,28(16,17)18)29(19,20)21/h1-21H3. The van der Waals surface area contributed by atoms with Gasteiger partial charge in [0.05, 0.1) is 0 Å². The van der Waals surface area contributed by atoms with Gasteiger partial charge in [-0.1, -0.05) is 137 Å². The van der Waals surface area contributed by atoms with Gasteiger partial charge in [-0.2, -0.15) is 0 Å². The van der Waals surface area contributed by atoms with Crippen molar-refractivity contribution in [3.05, 3.63) is 0 Å². The van der Waals surface area contributed by atoms with E-state index in [-0.39, 0.29) is 7.35 Å². The van der Waals surface area contributed by atoms with Crippen molar-refractivity contribution in [1.29, 1.82) is 0 Å². The minimum atomic E-state index is -1.38. The maximum atomic E-state index is 2.92. The molecule has 0 aliphatic carbocycles. The van der Waals surface area contributed by atoms with Crippen LogP contribution in [0.1, 0.15) is 0 Å². The van der Waals surface area contributed by atoms with E-state index < -0.39 is 65.4 Å². The van der Waals surface area contributed by atoms with Crippen molar-refractivity contribution in [3.63, 3.8) is 0 Å². The van der Waals surface area contributed by atoms with Crippen molar-refractivity contribution >= 4 is 72.8 Å². The Kier molecular flexibility index (Phi) is 9.55. The van der Waals surface area contributed by atoms with Crippen molar-refractivity contribution in [3.8, 4) is 0 Å². The number of rotatable bonds is 9. The normalized spacial score (nSPS) is 16.8. The second-order valence-corrected chi connectivity index (χ2v) is 129. The van der Waals surface area contributed by atoms with Crippen molar-refractivity contribution in [2.24, 2.45) is 0 Å². The van der Waals surface area contributed by atoms with Crippen molar-refractivity contribution in [2.75, 3.05) is 0 Å². The molecule has 0 bridgehead atoms. The third-order valence-electron chi connectivity index (χ3n) is 8.25. The first kappa shape index (κ1) is 33.2. The highest BCUT2D eigenvalue weighted by molar-refractivity contribution is 8.28. The fourth-order valence-electron chi connectivity index (χ4n) is 10.4. The zero-order chi connectivity index (χ0) is 26.1. The summed E-state index contributed by atoms with van der Waals surface area (Å²) >= 11 is 0. The lowest BCUT2D eigenvalue weighted by Gasteiger charge is -2.73. The van der Waals surface area contributed by atoms with Crippen LogP contribution < -0.4 is 0 Å². The van der Waals surface area contributed by atoms with E-state index in [0.717, 1.165) is 0 Å². The third-order valence-corrected chi connectivity index (χ3v) is 263. The van der Waals surface area contributed by atoms with Gasteiger partial charge in [-0.3, -0.25) is 0 Å². The summed E-state index contributed by atoms with van der Waals surface area (Å²) in [7, 11) is -9.29. The van der Waals surface area contributed by atoms with E-state index in [4.69, 9.17) is 0 Å². The van der Waals surface area contributed by atoms with E-state index in [0.29, 0.717) is 0 Å². The molecule has 0 aliphatic heterocycles. The highest BCUT2D eigenvalue weighted by Gasteiger charge is 2.78. The van der Waals surface area contributed by atoms with Crippen LogP contribution in [0.2, 0.25) is 137 Å². The Morgan fingerprint density at radius 1 is 0.258 bits per heavy atom. The highest BCUT2D eigenvalue weighted by atomic mass is 30.5. The van der Waals surface area contributed by atoms with Crippen LogP contribution in [0.3, 0.4) is 0 Å². The summed E-state index contributed by atoms with van der Waals surface area (Å²) in [4.78, 5) is 0. The first-order chi connectivity index (χ1) is 12.9. The lowest BCUT2D eigenvalue weighted by molar-refractivity contribution is 1.74. The number of hydrogen-bond acceptors (Lipinski definition) is 0. The van der Waals surface area contributed by atoms with Gasteiger partial charge in [0.2, 0.25) is 0 Å². The fourth-order valence-corrected chi connectivity index (χ4v) is 524. The van der Waals surface area contributed by atoms with Gasteiger partial charge in [0.15, 0.2) is 0 Å². The van der Waals surface area contributed by atoms with Gasteiger partial charge < -0.3 is 0 Å². The summed E-state index contributed by atoms with van der Waals surface area (Å²) in [5.41, 5.74) is 0. The fraction of sp³-hybridized carbons (Fsp3) is 1.00. The summed E-state index contributed by atoms with van der Waals surface area (Å²) in [5, 5.41) is 0. The molecule has 0 aromatic rings. The van der Waals surface area contributed by atoms with Crippen molar-refractivity contribution in [2.45, 2.75) is 137 Å². The van der Waals surface area contributed by atoms with Crippen molar-refractivity contribution in [1.82, 2.24) is 0 Å². The third kappa shape index (κ3) is 5.32. The van der Waals surface area contributed by atoms with Gasteiger partial charge in [0, 0.05) is 72.8 Å². The second-order valence-electron chi connectivity index (χ2n) is 17.6. The van der Waals surface area contributed by atoms with Crippen LogP contribution in [0.4, 0.5) is 0 Å². The molecule has 0 rings (SSSR count). The molecule has 0 unspecified atom stereocenters. The SMILES string of the molecule is C[Si](C)(C)[Si]([Si]([Si](C)(C)C)([Si](C)(C)C)[Si](C)(C)C)[Si]([Si](C)(C)C)([Si](C)(C)C)[Si](C)(C)C. The molecule has 0 aliphatic rings. The second kappa shape index (κ2) is 8.93. The summed E-state index contributed by atoms with van der Waals surface area (Å²) in [5.74, 6) is 0. The Labute approximate surface area is 209 Å². The quantitative estimate of drug-likeness (QED) is 0.234. The van der Waals surface area contributed by atoms with Gasteiger partial charge in [-0.15, -0.1) is 0 Å². The molecule has 0 spiro atoms. The lowest BCUT2D eigenvalue weighted by Crippen LogP contribution is -3.05. The molecule has 0 N–H and O–H groups in total. The Bertz CT molecular complexity index is 500. The van der Waals surface area contributed by atoms with E-state index in [9.17, 15) is 0 Å². The van der Waals surface area contributed by atoms with Gasteiger partial charge in [0.25, 0.3) is 0 Å². The average Bonchev–Trinajstić information content (AvgIpc) is 2.25. The Morgan fingerprint density at radius 2 is 0.387 bits per heavy atom. The molecule has 0 amide bonds. The Morgan fingerprint density at radius 3 is 0.452 bits per heavy atom. The van der Waals surface area contributed by atoms with Gasteiger partial charge in [-0.05, 0) is 0 Å². The van der Waals surface area contributed by atoms with E-state index in [2.05, 4.69) is 137 Å². The topological polar surface area (TPSA) is 0 Å². The predicted molar refractivity (Wildman–Crippen MR) is 181 cm³/mol. The van der Waals surface area contributed by atoms with E-state index in [1.807, 2.05) is 0 Å². The highest BCUT2D eigenvalue weighted by Crippen LogP contribution is 2.50. The summed E-state index contributed by atoms with van der Waals surface area (Å²) in [6, 6.07) is 0. The molecule has 187 valence electrons. The van der Waals surface area contributed by atoms with E-state index in [1.54, 1.807) is 0 Å². The smallest absolute Gasteiger partial charge is 0.0305 e. The number of hydrogen-bond donors (Lipinski definition) is 0. The van der Waals surface area contributed by atoms with Gasteiger partial charge >= 0.3 is 0 Å². The summed E-state index contributed by atoms with van der Waals surface area (Å²) in [6.45, 7) is 61.2. The minimum Gasteiger partial charge on any atom is -0.0721 e. The first-order valence-corrected chi connectivity index (χ1v) is 51.8. The van der Waals surface area contributed by atoms with Crippen LogP contribution in [0.15, 0.2) is 0 Å². The largest absolute Gasteiger partial charge is 0.0721 e. The molecule has 10 heteroatoms. The molecule has 1 radical (unpaired) electrons. The average molecular weight is 597 g/mol. The molecule has 0 heterocycles. The summed E-state index contributed by atoms with van der Waals surface area (Å²) < 4.78 is 0. The molecule has 0 fully saturated rings. The molecule has 0 atom stereocenters. The molecule has 0 saturated carbocycles. The molecule has 0 aromatic carbocycles. The van der Waals surface area contributed by atoms with Crippen LogP contribution in [0.25, 0.3) is 0 Å². The zero-order valence-electron chi connectivity index (χ0n) is 26.0. The lowest BCUT2D eigenvalue weighted by atomic mass is 11.8.